The molecule has 1 atom stereocenters. The number of hydrogen-bond donors (Lipinski definition) is 0. The third kappa shape index (κ3) is 3.23. The summed E-state index contributed by atoms with van der Waals surface area (Å²) < 4.78 is 11.5. The number of ketones is 1. The molecule has 3 aromatic rings. The first kappa shape index (κ1) is 15.3. The highest BCUT2D eigenvalue weighted by Gasteiger charge is 2.15. The fourth-order valence-electron chi connectivity index (χ4n) is 2.19. The van der Waals surface area contributed by atoms with Crippen LogP contribution in [-0.2, 0) is 6.61 Å². The predicted octanol–water partition coefficient (Wildman–Crippen LogP) is 4.09. The van der Waals surface area contributed by atoms with Gasteiger partial charge in [0, 0.05) is 0 Å². The van der Waals surface area contributed by atoms with Crippen LogP contribution in [0, 0.1) is 0 Å². The Kier molecular flexibility index (Phi) is 4.60. The minimum Gasteiger partial charge on any atom is -0.488 e. The summed E-state index contributed by atoms with van der Waals surface area (Å²) in [4.78, 5) is 11.8. The largest absolute Gasteiger partial charge is 0.488 e. The maximum absolute atomic E-state index is 11.8. The van der Waals surface area contributed by atoms with Gasteiger partial charge in [0.2, 0.25) is 5.78 Å². The SMILES string of the molecule is O=C(CBr)c1cc2c(OCc3ccccc3)cc(P)cc2o1. The Hall–Kier alpha value is -1.64. The zero-order valence-electron chi connectivity index (χ0n) is 11.7. The van der Waals surface area contributed by atoms with Gasteiger partial charge in [0.15, 0.2) is 5.76 Å². The molecule has 1 aromatic heterocycles. The van der Waals surface area contributed by atoms with Crippen molar-refractivity contribution in [2.45, 2.75) is 6.61 Å². The number of furan rings is 1. The Bertz CT molecular complexity index is 811. The van der Waals surface area contributed by atoms with Crippen LogP contribution in [0.3, 0.4) is 0 Å². The molecule has 1 unspecified atom stereocenters. The highest BCUT2D eigenvalue weighted by molar-refractivity contribution is 9.09. The molecule has 0 aliphatic heterocycles. The number of carbonyl (C=O) groups excluding carboxylic acids is 1. The Morgan fingerprint density at radius 1 is 1.18 bits per heavy atom. The number of benzene rings is 2. The summed E-state index contributed by atoms with van der Waals surface area (Å²) >= 11 is 3.16. The van der Waals surface area contributed by atoms with E-state index in [0.29, 0.717) is 23.7 Å². The van der Waals surface area contributed by atoms with Gasteiger partial charge < -0.3 is 9.15 Å². The first-order chi connectivity index (χ1) is 10.7. The predicted molar refractivity (Wildman–Crippen MR) is 94.5 cm³/mol. The Morgan fingerprint density at radius 3 is 2.68 bits per heavy atom. The Labute approximate surface area is 139 Å². The van der Waals surface area contributed by atoms with E-state index in [-0.39, 0.29) is 11.1 Å². The zero-order valence-corrected chi connectivity index (χ0v) is 14.5. The van der Waals surface area contributed by atoms with Crippen LogP contribution in [-0.4, -0.2) is 11.1 Å². The van der Waals surface area contributed by atoms with E-state index < -0.39 is 0 Å². The lowest BCUT2D eigenvalue weighted by Gasteiger charge is -2.08. The van der Waals surface area contributed by atoms with Crippen LogP contribution in [0.4, 0.5) is 0 Å². The van der Waals surface area contributed by atoms with Crippen LogP contribution >= 0.6 is 25.2 Å². The standard InChI is InChI=1S/C17H14BrO3P/c18-9-14(19)17-8-13-15(6-12(22)7-16(13)21-17)20-10-11-4-2-1-3-5-11/h1-8H,9-10,22H2. The number of halogens is 1. The monoisotopic (exact) mass is 376 g/mol. The molecule has 5 heteroatoms. The fourth-order valence-corrected chi connectivity index (χ4v) is 2.76. The molecule has 1 heterocycles. The average Bonchev–Trinajstić information content (AvgIpc) is 2.96. The molecule has 0 bridgehead atoms. The van der Waals surface area contributed by atoms with Gasteiger partial charge in [-0.1, -0.05) is 46.3 Å². The van der Waals surface area contributed by atoms with Crippen LogP contribution in [0.5, 0.6) is 5.75 Å². The Morgan fingerprint density at radius 2 is 1.95 bits per heavy atom. The molecule has 0 N–H and O–H groups in total. The van der Waals surface area contributed by atoms with E-state index in [1.54, 1.807) is 6.07 Å². The molecular weight excluding hydrogens is 363 g/mol. The molecule has 0 amide bonds. The molecule has 3 nitrogen and oxygen atoms in total. The van der Waals surface area contributed by atoms with Crippen molar-refractivity contribution in [3.05, 3.63) is 59.9 Å². The summed E-state index contributed by atoms with van der Waals surface area (Å²) in [5, 5.41) is 2.00. The molecular formula is C17H14BrO3P. The molecule has 0 spiro atoms. The van der Waals surface area contributed by atoms with Gasteiger partial charge in [-0.2, -0.15) is 0 Å². The quantitative estimate of drug-likeness (QED) is 0.382. The number of Topliss-reactive ketones (excluding diaryl/α,β-unsaturated/α-hetero) is 1. The molecule has 22 heavy (non-hydrogen) atoms. The van der Waals surface area contributed by atoms with Gasteiger partial charge in [-0.3, -0.25) is 4.79 Å². The van der Waals surface area contributed by atoms with Gasteiger partial charge in [-0.25, -0.2) is 0 Å². The molecule has 0 fully saturated rings. The number of hydrogen-bond acceptors (Lipinski definition) is 3. The van der Waals surface area contributed by atoms with E-state index in [0.717, 1.165) is 16.3 Å². The topological polar surface area (TPSA) is 39.4 Å². The highest BCUT2D eigenvalue weighted by atomic mass is 79.9. The van der Waals surface area contributed by atoms with Crippen molar-refractivity contribution in [2.24, 2.45) is 0 Å². The van der Waals surface area contributed by atoms with E-state index >= 15 is 0 Å². The second-order valence-electron chi connectivity index (χ2n) is 4.87. The van der Waals surface area contributed by atoms with Gasteiger partial charge >= 0.3 is 0 Å². The molecule has 3 rings (SSSR count). The third-order valence-electron chi connectivity index (χ3n) is 3.26. The summed E-state index contributed by atoms with van der Waals surface area (Å²) in [6, 6.07) is 15.5. The lowest BCUT2D eigenvalue weighted by molar-refractivity contribution is 0.0995. The smallest absolute Gasteiger partial charge is 0.208 e. The highest BCUT2D eigenvalue weighted by Crippen LogP contribution is 2.29. The van der Waals surface area contributed by atoms with E-state index in [4.69, 9.17) is 9.15 Å². The van der Waals surface area contributed by atoms with Crippen molar-refractivity contribution >= 4 is 47.2 Å². The number of fused-ring (bicyclic) bond motifs is 1. The van der Waals surface area contributed by atoms with Crippen molar-refractivity contribution in [1.29, 1.82) is 0 Å². The summed E-state index contributed by atoms with van der Waals surface area (Å²) in [6.45, 7) is 0.469. The van der Waals surface area contributed by atoms with Gasteiger partial charge in [0.25, 0.3) is 0 Å². The molecule has 0 aliphatic rings. The van der Waals surface area contributed by atoms with Crippen molar-refractivity contribution in [1.82, 2.24) is 0 Å². The van der Waals surface area contributed by atoms with Crippen molar-refractivity contribution < 1.29 is 13.9 Å². The van der Waals surface area contributed by atoms with E-state index in [1.807, 2.05) is 42.5 Å². The first-order valence-electron chi connectivity index (χ1n) is 6.76. The normalized spacial score (nSPS) is 10.8. The lowest BCUT2D eigenvalue weighted by Crippen LogP contribution is -1.98. The minimum absolute atomic E-state index is 0.0875. The molecule has 0 saturated heterocycles. The summed E-state index contributed by atoms with van der Waals surface area (Å²) in [5.41, 5.74) is 1.74. The third-order valence-corrected chi connectivity index (χ3v) is 4.10. The number of ether oxygens (including phenoxy) is 1. The van der Waals surface area contributed by atoms with Crippen LogP contribution in [0.1, 0.15) is 16.1 Å². The van der Waals surface area contributed by atoms with Crippen molar-refractivity contribution in [3.63, 3.8) is 0 Å². The van der Waals surface area contributed by atoms with Crippen LogP contribution in [0.15, 0.2) is 52.9 Å². The van der Waals surface area contributed by atoms with E-state index in [9.17, 15) is 4.79 Å². The first-order valence-corrected chi connectivity index (χ1v) is 8.46. The summed E-state index contributed by atoms with van der Waals surface area (Å²) in [5.74, 6) is 0.964. The molecule has 112 valence electrons. The molecule has 0 aliphatic carbocycles. The summed E-state index contributed by atoms with van der Waals surface area (Å²) in [7, 11) is 2.63. The van der Waals surface area contributed by atoms with E-state index in [1.165, 1.54) is 0 Å². The average molecular weight is 377 g/mol. The molecule has 2 aromatic carbocycles. The van der Waals surface area contributed by atoms with Gasteiger partial charge in [-0.05, 0) is 29.1 Å². The van der Waals surface area contributed by atoms with Crippen LogP contribution < -0.4 is 10.0 Å². The zero-order chi connectivity index (χ0) is 15.5. The molecule has 0 saturated carbocycles. The number of carbonyl (C=O) groups is 1. The minimum atomic E-state index is -0.0875. The Balaban J connectivity index is 1.94. The second-order valence-corrected chi connectivity index (χ2v) is 6.10. The van der Waals surface area contributed by atoms with Crippen LogP contribution in [0.2, 0.25) is 0 Å². The van der Waals surface area contributed by atoms with Crippen molar-refractivity contribution in [3.8, 4) is 5.75 Å². The summed E-state index contributed by atoms with van der Waals surface area (Å²) in [6.07, 6.45) is 0. The van der Waals surface area contributed by atoms with Gasteiger partial charge in [0.1, 0.15) is 17.9 Å². The van der Waals surface area contributed by atoms with Gasteiger partial charge in [-0.15, -0.1) is 9.24 Å². The van der Waals surface area contributed by atoms with Gasteiger partial charge in [0.05, 0.1) is 10.7 Å². The lowest BCUT2D eigenvalue weighted by atomic mass is 10.2. The van der Waals surface area contributed by atoms with Crippen LogP contribution in [0.25, 0.3) is 11.0 Å². The number of rotatable bonds is 5. The van der Waals surface area contributed by atoms with E-state index in [2.05, 4.69) is 25.2 Å². The maximum atomic E-state index is 11.8. The maximum Gasteiger partial charge on any atom is 0.208 e. The second kappa shape index (κ2) is 6.64. The van der Waals surface area contributed by atoms with Crippen molar-refractivity contribution in [2.75, 3.05) is 5.33 Å². The number of alkyl halides is 1. The molecule has 0 radical (unpaired) electrons. The fraction of sp³-hybridized carbons (Fsp3) is 0.118.